The van der Waals surface area contributed by atoms with Crippen molar-refractivity contribution < 1.29 is 14.3 Å². The van der Waals surface area contributed by atoms with Gasteiger partial charge in [0.2, 0.25) is 0 Å². The van der Waals surface area contributed by atoms with Gasteiger partial charge in [0, 0.05) is 30.9 Å². The highest BCUT2D eigenvalue weighted by molar-refractivity contribution is 5.95. The van der Waals surface area contributed by atoms with Crippen LogP contribution in [0.4, 0.5) is 10.5 Å². The lowest BCUT2D eigenvalue weighted by Crippen LogP contribution is -2.38. The lowest BCUT2D eigenvalue weighted by molar-refractivity contribution is 0.0724. The van der Waals surface area contributed by atoms with Gasteiger partial charge in [-0.25, -0.2) is 4.79 Å². The van der Waals surface area contributed by atoms with Crippen molar-refractivity contribution in [3.63, 3.8) is 0 Å². The van der Waals surface area contributed by atoms with Crippen LogP contribution in [-0.4, -0.2) is 61.1 Å². The zero-order valence-corrected chi connectivity index (χ0v) is 17.2. The second kappa shape index (κ2) is 10.1. The highest BCUT2D eigenvalue weighted by atomic mass is 16.6. The molecule has 0 atom stereocenters. The van der Waals surface area contributed by atoms with Crippen LogP contribution in [-0.2, 0) is 11.3 Å². The summed E-state index contributed by atoms with van der Waals surface area (Å²) in [6.45, 7) is 9.20. The number of cyclic esters (lactones) is 1. The monoisotopic (exact) mass is 395 g/mol. The number of anilines is 1. The minimum atomic E-state index is -0.339. The Kier molecular flexibility index (Phi) is 7.25. The summed E-state index contributed by atoms with van der Waals surface area (Å²) in [6.07, 6.45) is -0.339. The zero-order chi connectivity index (χ0) is 20.6. The van der Waals surface area contributed by atoms with Gasteiger partial charge in [-0.2, -0.15) is 0 Å². The molecule has 1 heterocycles. The van der Waals surface area contributed by atoms with E-state index in [-0.39, 0.29) is 12.0 Å². The average Bonchev–Trinajstić information content (AvgIpc) is 3.20. The Morgan fingerprint density at radius 3 is 2.28 bits per heavy atom. The van der Waals surface area contributed by atoms with E-state index in [9.17, 15) is 9.59 Å². The highest BCUT2D eigenvalue weighted by Gasteiger charge is 2.24. The van der Waals surface area contributed by atoms with Crippen LogP contribution in [0.5, 0.6) is 0 Å². The molecule has 1 aliphatic heterocycles. The van der Waals surface area contributed by atoms with Gasteiger partial charge in [-0.15, -0.1) is 0 Å². The second-order valence-electron chi connectivity index (χ2n) is 7.05. The summed E-state index contributed by atoms with van der Waals surface area (Å²) in [7, 11) is 0. The molecular weight excluding hydrogens is 366 g/mol. The maximum atomic E-state index is 13.2. The Morgan fingerprint density at radius 1 is 1.00 bits per heavy atom. The molecule has 6 heteroatoms. The summed E-state index contributed by atoms with van der Waals surface area (Å²) in [4.78, 5) is 30.8. The fraction of sp³-hybridized carbons (Fsp3) is 0.391. The van der Waals surface area contributed by atoms with Crippen molar-refractivity contribution in [1.82, 2.24) is 9.80 Å². The summed E-state index contributed by atoms with van der Waals surface area (Å²) in [5.41, 5.74) is 2.48. The van der Waals surface area contributed by atoms with Crippen LogP contribution < -0.4 is 4.90 Å². The number of carbonyl (C=O) groups excluding carboxylic acids is 2. The fourth-order valence-electron chi connectivity index (χ4n) is 3.45. The standard InChI is InChI=1S/C23H29N3O3/c1-3-24(4-2)14-15-25(18-19-8-6-5-7-9-19)22(27)20-10-12-21(13-11-20)26-16-17-29-23(26)28/h5-13H,3-4,14-18H2,1-2H3. The minimum Gasteiger partial charge on any atom is -0.447 e. The first-order valence-corrected chi connectivity index (χ1v) is 10.2. The van der Waals surface area contributed by atoms with E-state index in [0.29, 0.717) is 31.8 Å². The number of nitrogens with zero attached hydrogens (tertiary/aromatic N) is 3. The first-order chi connectivity index (χ1) is 14.1. The first kappa shape index (κ1) is 20.9. The molecule has 1 aliphatic rings. The Morgan fingerprint density at radius 2 is 1.69 bits per heavy atom. The maximum absolute atomic E-state index is 13.2. The number of rotatable bonds is 9. The molecular formula is C23H29N3O3. The van der Waals surface area contributed by atoms with Gasteiger partial charge in [0.1, 0.15) is 6.61 Å². The molecule has 2 amide bonds. The van der Waals surface area contributed by atoms with Crippen molar-refractivity contribution in [1.29, 1.82) is 0 Å². The summed E-state index contributed by atoms with van der Waals surface area (Å²) >= 11 is 0. The third kappa shape index (κ3) is 5.35. The van der Waals surface area contributed by atoms with Crippen LogP contribution in [0.15, 0.2) is 54.6 Å². The van der Waals surface area contributed by atoms with Gasteiger partial charge in [-0.3, -0.25) is 9.69 Å². The second-order valence-corrected chi connectivity index (χ2v) is 7.05. The predicted octanol–water partition coefficient (Wildman–Crippen LogP) is 3.63. The van der Waals surface area contributed by atoms with E-state index in [1.807, 2.05) is 47.4 Å². The van der Waals surface area contributed by atoms with Gasteiger partial charge in [0.15, 0.2) is 0 Å². The third-order valence-electron chi connectivity index (χ3n) is 5.27. The molecule has 0 aliphatic carbocycles. The molecule has 154 valence electrons. The number of ether oxygens (including phenoxy) is 1. The normalized spacial score (nSPS) is 13.6. The lowest BCUT2D eigenvalue weighted by atomic mass is 10.1. The Hall–Kier alpha value is -2.86. The van der Waals surface area contributed by atoms with Gasteiger partial charge < -0.3 is 14.5 Å². The molecule has 0 aromatic heterocycles. The molecule has 0 N–H and O–H groups in total. The lowest BCUT2D eigenvalue weighted by Gasteiger charge is -2.27. The fourth-order valence-corrected chi connectivity index (χ4v) is 3.45. The van der Waals surface area contributed by atoms with Crippen LogP contribution in [0.1, 0.15) is 29.8 Å². The summed E-state index contributed by atoms with van der Waals surface area (Å²) in [6, 6.07) is 17.2. The average molecular weight is 396 g/mol. The number of benzene rings is 2. The van der Waals surface area contributed by atoms with E-state index in [2.05, 4.69) is 18.7 Å². The number of hydrogen-bond donors (Lipinski definition) is 0. The predicted molar refractivity (Wildman–Crippen MR) is 114 cm³/mol. The van der Waals surface area contributed by atoms with Gasteiger partial charge in [-0.1, -0.05) is 44.2 Å². The minimum absolute atomic E-state index is 0.00319. The molecule has 29 heavy (non-hydrogen) atoms. The van der Waals surface area contributed by atoms with E-state index in [1.165, 1.54) is 0 Å². The molecule has 1 fully saturated rings. The van der Waals surface area contributed by atoms with Crippen molar-refractivity contribution in [3.8, 4) is 0 Å². The quantitative estimate of drug-likeness (QED) is 0.651. The Bertz CT molecular complexity index is 804. The number of carbonyl (C=O) groups is 2. The topological polar surface area (TPSA) is 53.1 Å². The number of likely N-dealkylation sites (N-methyl/N-ethyl adjacent to an activating group) is 1. The summed E-state index contributed by atoms with van der Waals surface area (Å²) in [5, 5.41) is 0. The van der Waals surface area contributed by atoms with Crippen LogP contribution >= 0.6 is 0 Å². The largest absolute Gasteiger partial charge is 0.447 e. The van der Waals surface area contributed by atoms with E-state index in [0.717, 1.165) is 30.9 Å². The molecule has 1 saturated heterocycles. The van der Waals surface area contributed by atoms with Gasteiger partial charge in [0.25, 0.3) is 5.91 Å². The maximum Gasteiger partial charge on any atom is 0.414 e. The van der Waals surface area contributed by atoms with Crippen molar-refractivity contribution >= 4 is 17.7 Å². The molecule has 2 aromatic carbocycles. The number of hydrogen-bond acceptors (Lipinski definition) is 4. The smallest absolute Gasteiger partial charge is 0.414 e. The van der Waals surface area contributed by atoms with E-state index < -0.39 is 0 Å². The molecule has 3 rings (SSSR count). The number of amides is 2. The molecule has 0 saturated carbocycles. The van der Waals surface area contributed by atoms with E-state index in [4.69, 9.17) is 4.74 Å². The van der Waals surface area contributed by atoms with E-state index in [1.54, 1.807) is 17.0 Å². The van der Waals surface area contributed by atoms with Crippen molar-refractivity contribution in [2.75, 3.05) is 44.2 Å². The Balaban J connectivity index is 1.74. The molecule has 0 bridgehead atoms. The molecule has 2 aromatic rings. The van der Waals surface area contributed by atoms with Crippen LogP contribution in [0.3, 0.4) is 0 Å². The first-order valence-electron chi connectivity index (χ1n) is 10.2. The summed E-state index contributed by atoms with van der Waals surface area (Å²) in [5.74, 6) is -0.00319. The van der Waals surface area contributed by atoms with Gasteiger partial charge in [-0.05, 0) is 42.9 Å². The summed E-state index contributed by atoms with van der Waals surface area (Å²) < 4.78 is 4.98. The van der Waals surface area contributed by atoms with Crippen molar-refractivity contribution in [3.05, 3.63) is 65.7 Å². The molecule has 0 spiro atoms. The zero-order valence-electron chi connectivity index (χ0n) is 17.2. The van der Waals surface area contributed by atoms with E-state index >= 15 is 0 Å². The molecule has 0 radical (unpaired) electrons. The van der Waals surface area contributed by atoms with Crippen LogP contribution in [0.2, 0.25) is 0 Å². The van der Waals surface area contributed by atoms with Crippen molar-refractivity contribution in [2.24, 2.45) is 0 Å². The molecule has 0 unspecified atom stereocenters. The molecule has 6 nitrogen and oxygen atoms in total. The van der Waals surface area contributed by atoms with Gasteiger partial charge >= 0.3 is 6.09 Å². The van der Waals surface area contributed by atoms with Crippen LogP contribution in [0.25, 0.3) is 0 Å². The van der Waals surface area contributed by atoms with Gasteiger partial charge in [0.05, 0.1) is 6.54 Å². The Labute approximate surface area is 172 Å². The SMILES string of the molecule is CCN(CC)CCN(Cc1ccccc1)C(=O)c1ccc(N2CCOC2=O)cc1. The highest BCUT2D eigenvalue weighted by Crippen LogP contribution is 2.20. The third-order valence-corrected chi connectivity index (χ3v) is 5.27. The van der Waals surface area contributed by atoms with Crippen LogP contribution in [0, 0.1) is 0 Å². The van der Waals surface area contributed by atoms with Crippen molar-refractivity contribution in [2.45, 2.75) is 20.4 Å².